The Kier molecular flexibility index (Phi) is 4.62. The predicted octanol–water partition coefficient (Wildman–Crippen LogP) is 3.36. The van der Waals surface area contributed by atoms with E-state index in [0.717, 1.165) is 25.4 Å². The highest BCUT2D eigenvalue weighted by molar-refractivity contribution is 7.15. The quantitative estimate of drug-likeness (QED) is 0.821. The van der Waals surface area contributed by atoms with Crippen LogP contribution in [0.4, 0.5) is 5.13 Å². The average molecular weight is 267 g/mol. The van der Waals surface area contributed by atoms with Crippen LogP contribution in [-0.4, -0.2) is 24.6 Å². The molecule has 18 heavy (non-hydrogen) atoms. The van der Waals surface area contributed by atoms with E-state index in [1.54, 1.807) is 0 Å². The zero-order chi connectivity index (χ0) is 13.1. The molecule has 1 heterocycles. The van der Waals surface area contributed by atoms with Crippen LogP contribution < -0.4 is 10.2 Å². The molecule has 1 unspecified atom stereocenters. The Morgan fingerprint density at radius 1 is 1.44 bits per heavy atom. The van der Waals surface area contributed by atoms with Gasteiger partial charge in [0.15, 0.2) is 5.13 Å². The lowest BCUT2D eigenvalue weighted by atomic mass is 10.2. The van der Waals surface area contributed by atoms with Crippen molar-refractivity contribution in [2.24, 2.45) is 0 Å². The van der Waals surface area contributed by atoms with Gasteiger partial charge in [0.25, 0.3) is 0 Å². The number of nitrogens with zero attached hydrogens (tertiary/aromatic N) is 2. The van der Waals surface area contributed by atoms with Crippen LogP contribution in [0.25, 0.3) is 0 Å². The molecule has 0 bridgehead atoms. The maximum absolute atomic E-state index is 4.90. The second-order valence-electron chi connectivity index (χ2n) is 5.23. The first-order chi connectivity index (χ1) is 8.67. The Morgan fingerprint density at radius 3 is 2.72 bits per heavy atom. The Balaban J connectivity index is 2.16. The van der Waals surface area contributed by atoms with Crippen molar-refractivity contribution in [3.8, 4) is 0 Å². The molecule has 1 aromatic rings. The van der Waals surface area contributed by atoms with Crippen molar-refractivity contribution in [2.45, 2.75) is 58.5 Å². The highest BCUT2D eigenvalue weighted by atomic mass is 32.1. The van der Waals surface area contributed by atoms with E-state index in [9.17, 15) is 0 Å². The average Bonchev–Trinajstić information content (AvgIpc) is 3.15. The van der Waals surface area contributed by atoms with Crippen LogP contribution in [0, 0.1) is 0 Å². The second kappa shape index (κ2) is 6.02. The summed E-state index contributed by atoms with van der Waals surface area (Å²) < 4.78 is 0. The summed E-state index contributed by atoms with van der Waals surface area (Å²) in [6.45, 7) is 8.66. The number of thiazole rings is 1. The molecule has 0 aliphatic heterocycles. The molecule has 102 valence electrons. The maximum atomic E-state index is 4.90. The molecule has 0 aromatic carbocycles. The minimum absolute atomic E-state index is 0.565. The number of nitrogens with one attached hydrogen (secondary N) is 1. The van der Waals surface area contributed by atoms with E-state index in [-0.39, 0.29) is 0 Å². The van der Waals surface area contributed by atoms with Crippen molar-refractivity contribution >= 4 is 16.5 Å². The van der Waals surface area contributed by atoms with Crippen molar-refractivity contribution < 1.29 is 0 Å². The Labute approximate surface area is 115 Å². The topological polar surface area (TPSA) is 28.2 Å². The molecule has 1 saturated carbocycles. The third kappa shape index (κ3) is 3.04. The molecule has 1 N–H and O–H groups in total. The molecule has 0 radical (unpaired) electrons. The Hall–Kier alpha value is -0.610. The van der Waals surface area contributed by atoms with Crippen LogP contribution in [0.3, 0.4) is 0 Å². The number of rotatable bonds is 7. The lowest BCUT2D eigenvalue weighted by Gasteiger charge is -2.22. The minimum atomic E-state index is 0.565. The summed E-state index contributed by atoms with van der Waals surface area (Å²) in [6, 6.07) is 0.565. The van der Waals surface area contributed by atoms with Gasteiger partial charge in [-0.25, -0.2) is 4.98 Å². The molecule has 1 aromatic heterocycles. The molecule has 2 rings (SSSR count). The number of anilines is 1. The summed E-state index contributed by atoms with van der Waals surface area (Å²) in [7, 11) is 2.17. The molecule has 1 atom stereocenters. The van der Waals surface area contributed by atoms with Crippen LogP contribution in [0.1, 0.15) is 56.5 Å². The van der Waals surface area contributed by atoms with Crippen molar-refractivity contribution in [3.05, 3.63) is 10.6 Å². The van der Waals surface area contributed by atoms with E-state index in [1.807, 2.05) is 11.3 Å². The van der Waals surface area contributed by atoms with E-state index in [1.165, 1.54) is 28.5 Å². The zero-order valence-corrected chi connectivity index (χ0v) is 12.8. The van der Waals surface area contributed by atoms with Gasteiger partial charge in [-0.3, -0.25) is 0 Å². The first kappa shape index (κ1) is 13.8. The lowest BCUT2D eigenvalue weighted by molar-refractivity contribution is 0.661. The fourth-order valence-corrected chi connectivity index (χ4v) is 3.18. The van der Waals surface area contributed by atoms with Gasteiger partial charge in [-0.2, -0.15) is 0 Å². The summed E-state index contributed by atoms with van der Waals surface area (Å²) in [6.07, 6.45) is 3.82. The van der Waals surface area contributed by atoms with Gasteiger partial charge >= 0.3 is 0 Å². The highest BCUT2D eigenvalue weighted by Gasteiger charge is 2.30. The minimum Gasteiger partial charge on any atom is -0.348 e. The molecule has 1 aliphatic carbocycles. The number of hydrogen-bond donors (Lipinski definition) is 1. The van der Waals surface area contributed by atoms with Crippen LogP contribution in [0.5, 0.6) is 0 Å². The Bertz CT molecular complexity index is 384. The van der Waals surface area contributed by atoms with Gasteiger partial charge in [-0.05, 0) is 32.7 Å². The second-order valence-corrected chi connectivity index (χ2v) is 6.29. The van der Waals surface area contributed by atoms with E-state index in [4.69, 9.17) is 4.98 Å². The first-order valence-electron chi connectivity index (χ1n) is 7.10. The molecule has 4 heteroatoms. The van der Waals surface area contributed by atoms with E-state index in [0.29, 0.717) is 6.04 Å². The number of hydrogen-bond acceptors (Lipinski definition) is 4. The normalized spacial score (nSPS) is 16.9. The SMILES string of the molecule is CCNCc1sc(N(C)C(C)CC)nc1C1CC1. The summed E-state index contributed by atoms with van der Waals surface area (Å²) in [5.74, 6) is 0.744. The molecule has 0 amide bonds. The summed E-state index contributed by atoms with van der Waals surface area (Å²) in [5.41, 5.74) is 1.37. The first-order valence-corrected chi connectivity index (χ1v) is 7.92. The summed E-state index contributed by atoms with van der Waals surface area (Å²) >= 11 is 1.87. The van der Waals surface area contributed by atoms with Crippen LogP contribution >= 0.6 is 11.3 Å². The molecule has 3 nitrogen and oxygen atoms in total. The zero-order valence-electron chi connectivity index (χ0n) is 12.0. The third-order valence-corrected chi connectivity index (χ3v) is 4.93. The molecule has 0 spiro atoms. The molecular weight excluding hydrogens is 242 g/mol. The molecule has 1 aliphatic rings. The largest absolute Gasteiger partial charge is 0.348 e. The third-order valence-electron chi connectivity index (χ3n) is 3.77. The maximum Gasteiger partial charge on any atom is 0.185 e. The smallest absolute Gasteiger partial charge is 0.185 e. The molecule has 0 saturated heterocycles. The molecule has 1 fully saturated rings. The lowest BCUT2D eigenvalue weighted by Crippen LogP contribution is -2.27. The molecular formula is C14H25N3S. The van der Waals surface area contributed by atoms with Gasteiger partial charge in [-0.15, -0.1) is 11.3 Å². The van der Waals surface area contributed by atoms with E-state index >= 15 is 0 Å². The highest BCUT2D eigenvalue weighted by Crippen LogP contribution is 2.44. The van der Waals surface area contributed by atoms with E-state index < -0.39 is 0 Å². The van der Waals surface area contributed by atoms with Gasteiger partial charge in [0, 0.05) is 30.4 Å². The van der Waals surface area contributed by atoms with Crippen molar-refractivity contribution in [1.82, 2.24) is 10.3 Å². The van der Waals surface area contributed by atoms with Gasteiger partial charge in [-0.1, -0.05) is 13.8 Å². The number of aromatic nitrogens is 1. The van der Waals surface area contributed by atoms with Gasteiger partial charge in [0.1, 0.15) is 0 Å². The van der Waals surface area contributed by atoms with Crippen molar-refractivity contribution in [2.75, 3.05) is 18.5 Å². The standard InChI is InChI=1S/C14H25N3S/c1-5-10(3)17(4)14-16-13(11-7-8-11)12(18-14)9-15-6-2/h10-11,15H,5-9H2,1-4H3. The van der Waals surface area contributed by atoms with Crippen LogP contribution in [-0.2, 0) is 6.54 Å². The van der Waals surface area contributed by atoms with Crippen molar-refractivity contribution in [3.63, 3.8) is 0 Å². The van der Waals surface area contributed by atoms with Crippen LogP contribution in [0.15, 0.2) is 0 Å². The fraction of sp³-hybridized carbons (Fsp3) is 0.786. The Morgan fingerprint density at radius 2 is 2.17 bits per heavy atom. The monoisotopic (exact) mass is 267 g/mol. The van der Waals surface area contributed by atoms with Gasteiger partial charge in [0.05, 0.1) is 5.69 Å². The predicted molar refractivity (Wildman–Crippen MR) is 79.6 cm³/mol. The summed E-state index contributed by atoms with van der Waals surface area (Å²) in [5, 5.41) is 4.63. The van der Waals surface area contributed by atoms with Gasteiger partial charge in [0.2, 0.25) is 0 Å². The summed E-state index contributed by atoms with van der Waals surface area (Å²) in [4.78, 5) is 8.67. The van der Waals surface area contributed by atoms with E-state index in [2.05, 4.69) is 38.0 Å². The fourth-order valence-electron chi connectivity index (χ4n) is 2.00. The van der Waals surface area contributed by atoms with Gasteiger partial charge < -0.3 is 10.2 Å². The van der Waals surface area contributed by atoms with Crippen molar-refractivity contribution in [1.29, 1.82) is 0 Å². The van der Waals surface area contributed by atoms with Crippen LogP contribution in [0.2, 0.25) is 0 Å².